The lowest BCUT2D eigenvalue weighted by molar-refractivity contribution is -0.132. The average molecular weight is 478 g/mol. The number of aliphatic imine (C=N–C) groups is 1. The Hall–Kier alpha value is -2.03. The van der Waals surface area contributed by atoms with E-state index in [-0.39, 0.29) is 5.12 Å². The summed E-state index contributed by atoms with van der Waals surface area (Å²) >= 11 is 6.10. The van der Waals surface area contributed by atoms with Gasteiger partial charge in [-0.2, -0.15) is 0 Å². The molecule has 0 amide bonds. The van der Waals surface area contributed by atoms with Gasteiger partial charge >= 0.3 is 5.97 Å². The van der Waals surface area contributed by atoms with Crippen LogP contribution in [0.3, 0.4) is 0 Å². The zero-order chi connectivity index (χ0) is 20.1. The van der Waals surface area contributed by atoms with Gasteiger partial charge in [0.15, 0.2) is 11.5 Å². The van der Waals surface area contributed by atoms with Crippen LogP contribution in [0.15, 0.2) is 57.6 Å². The normalized spacial score (nSPS) is 14.9. The number of benzene rings is 2. The van der Waals surface area contributed by atoms with Gasteiger partial charge in [-0.15, -0.1) is 0 Å². The van der Waals surface area contributed by atoms with Gasteiger partial charge in [0.2, 0.25) is 5.12 Å². The van der Waals surface area contributed by atoms with E-state index in [0.29, 0.717) is 27.2 Å². The summed E-state index contributed by atoms with van der Waals surface area (Å²) in [7, 11) is 1.49. The minimum Gasteiger partial charge on any atom is -0.493 e. The molecular formula is C20H16BrNO4S2. The van der Waals surface area contributed by atoms with Crippen molar-refractivity contribution in [3.8, 4) is 11.5 Å². The Kier molecular flexibility index (Phi) is 6.98. The molecule has 0 fully saturated rings. The molecule has 0 radical (unpaired) electrons. The summed E-state index contributed by atoms with van der Waals surface area (Å²) in [4.78, 5) is 28.0. The molecule has 1 heterocycles. The van der Waals surface area contributed by atoms with E-state index in [1.807, 2.05) is 30.3 Å². The molecule has 28 heavy (non-hydrogen) atoms. The summed E-state index contributed by atoms with van der Waals surface area (Å²) in [6.45, 7) is 1.32. The Morgan fingerprint density at radius 2 is 2.00 bits per heavy atom. The molecule has 0 N–H and O–H groups in total. The number of methoxy groups -OCH3 is 1. The van der Waals surface area contributed by atoms with Crippen LogP contribution in [0, 0.1) is 0 Å². The standard InChI is InChI=1S/C20H16BrNO4S2/c1-12(23)26-18-10-15(21)14(9-17(18)25-2)8-16-19(24)28-20(22-16)27-11-13-6-4-3-5-7-13/h3-10H,11H2,1-2H3. The van der Waals surface area contributed by atoms with Crippen LogP contribution in [0.4, 0.5) is 0 Å². The maximum Gasteiger partial charge on any atom is 0.308 e. The molecule has 2 aromatic rings. The maximum atomic E-state index is 12.3. The zero-order valence-electron chi connectivity index (χ0n) is 15.1. The smallest absolute Gasteiger partial charge is 0.308 e. The topological polar surface area (TPSA) is 65.0 Å². The lowest BCUT2D eigenvalue weighted by Gasteiger charge is -2.10. The van der Waals surface area contributed by atoms with Crippen molar-refractivity contribution >= 4 is 61.0 Å². The van der Waals surface area contributed by atoms with Gasteiger partial charge in [0.25, 0.3) is 0 Å². The number of nitrogens with zero attached hydrogens (tertiary/aromatic N) is 1. The van der Waals surface area contributed by atoms with Crippen molar-refractivity contribution in [1.82, 2.24) is 0 Å². The lowest BCUT2D eigenvalue weighted by Crippen LogP contribution is -2.03. The first kappa shape index (κ1) is 20.7. The molecule has 0 saturated carbocycles. The van der Waals surface area contributed by atoms with E-state index in [4.69, 9.17) is 9.47 Å². The van der Waals surface area contributed by atoms with Crippen LogP contribution in [0.25, 0.3) is 6.08 Å². The Balaban J connectivity index is 1.81. The van der Waals surface area contributed by atoms with E-state index < -0.39 is 5.97 Å². The Morgan fingerprint density at radius 3 is 2.68 bits per heavy atom. The van der Waals surface area contributed by atoms with Crippen LogP contribution in [0.5, 0.6) is 11.5 Å². The number of halogens is 1. The van der Waals surface area contributed by atoms with Crippen LogP contribution in [-0.2, 0) is 15.3 Å². The molecule has 3 rings (SSSR count). The Bertz CT molecular complexity index is 974. The number of rotatable bonds is 5. The molecule has 0 spiro atoms. The monoisotopic (exact) mass is 477 g/mol. The fourth-order valence-corrected chi connectivity index (χ4v) is 4.61. The van der Waals surface area contributed by atoms with Crippen molar-refractivity contribution in [3.05, 3.63) is 63.8 Å². The SMILES string of the molecule is COc1cc(C=C2N=C(SCc3ccccc3)SC2=O)c(Br)cc1OC(C)=O. The van der Waals surface area contributed by atoms with Crippen molar-refractivity contribution in [2.75, 3.05) is 7.11 Å². The third kappa shape index (κ3) is 5.27. The molecule has 0 unspecified atom stereocenters. The van der Waals surface area contributed by atoms with Crippen molar-refractivity contribution < 1.29 is 19.1 Å². The summed E-state index contributed by atoms with van der Waals surface area (Å²) in [5.41, 5.74) is 2.24. The molecular weight excluding hydrogens is 462 g/mol. The highest BCUT2D eigenvalue weighted by Gasteiger charge is 2.23. The molecule has 144 valence electrons. The first-order valence-electron chi connectivity index (χ1n) is 8.21. The van der Waals surface area contributed by atoms with Gasteiger partial charge in [-0.1, -0.05) is 58.0 Å². The van der Waals surface area contributed by atoms with E-state index in [9.17, 15) is 9.59 Å². The van der Waals surface area contributed by atoms with E-state index in [1.54, 1.807) is 18.2 Å². The van der Waals surface area contributed by atoms with Crippen molar-refractivity contribution in [2.45, 2.75) is 12.7 Å². The predicted octanol–water partition coefficient (Wildman–Crippen LogP) is 5.29. The number of thioether (sulfide) groups is 2. The van der Waals surface area contributed by atoms with Crippen molar-refractivity contribution in [1.29, 1.82) is 0 Å². The first-order chi connectivity index (χ1) is 13.5. The first-order valence-corrected chi connectivity index (χ1v) is 10.8. The number of carbonyl (C=O) groups excluding carboxylic acids is 2. The van der Waals surface area contributed by atoms with E-state index in [2.05, 4.69) is 20.9 Å². The quantitative estimate of drug-likeness (QED) is 0.331. The summed E-state index contributed by atoms with van der Waals surface area (Å²) in [5.74, 6) is 1.01. The second-order valence-electron chi connectivity index (χ2n) is 5.69. The van der Waals surface area contributed by atoms with Crippen LogP contribution in [0.2, 0.25) is 0 Å². The van der Waals surface area contributed by atoms with Gasteiger partial charge in [0.05, 0.1) is 7.11 Å². The average Bonchev–Trinajstić information content (AvgIpc) is 3.02. The molecule has 0 bridgehead atoms. The van der Waals surface area contributed by atoms with Gasteiger partial charge in [-0.3, -0.25) is 9.59 Å². The zero-order valence-corrected chi connectivity index (χ0v) is 18.3. The third-order valence-corrected chi connectivity index (χ3v) is 6.40. The van der Waals surface area contributed by atoms with Crippen LogP contribution in [0.1, 0.15) is 18.1 Å². The molecule has 8 heteroatoms. The summed E-state index contributed by atoms with van der Waals surface area (Å²) in [5, 5.41) is -0.106. The Morgan fingerprint density at radius 1 is 1.25 bits per heavy atom. The van der Waals surface area contributed by atoms with Gasteiger partial charge in [0, 0.05) is 17.1 Å². The number of hydrogen-bond donors (Lipinski definition) is 0. The van der Waals surface area contributed by atoms with Crippen LogP contribution in [-0.4, -0.2) is 22.6 Å². The van der Waals surface area contributed by atoms with E-state index >= 15 is 0 Å². The van der Waals surface area contributed by atoms with Gasteiger partial charge < -0.3 is 9.47 Å². The lowest BCUT2D eigenvalue weighted by atomic mass is 10.1. The minimum absolute atomic E-state index is 0.106. The second-order valence-corrected chi connectivity index (χ2v) is 8.73. The summed E-state index contributed by atoms with van der Waals surface area (Å²) in [6.07, 6.45) is 1.69. The molecule has 0 aliphatic carbocycles. The predicted molar refractivity (Wildman–Crippen MR) is 118 cm³/mol. The molecule has 5 nitrogen and oxygen atoms in total. The second kappa shape index (κ2) is 9.45. The number of ether oxygens (including phenoxy) is 2. The van der Waals surface area contributed by atoms with E-state index in [1.165, 1.54) is 31.4 Å². The van der Waals surface area contributed by atoms with Crippen LogP contribution < -0.4 is 9.47 Å². The molecule has 1 aliphatic heterocycles. The van der Waals surface area contributed by atoms with Crippen molar-refractivity contribution in [2.24, 2.45) is 4.99 Å². The largest absolute Gasteiger partial charge is 0.493 e. The number of hydrogen-bond acceptors (Lipinski definition) is 7. The molecule has 1 aliphatic rings. The summed E-state index contributed by atoms with van der Waals surface area (Å²) < 4.78 is 11.8. The Labute approximate surface area is 179 Å². The highest BCUT2D eigenvalue weighted by Crippen LogP contribution is 2.37. The fourth-order valence-electron chi connectivity index (χ4n) is 2.37. The van der Waals surface area contributed by atoms with Gasteiger partial charge in [-0.25, -0.2) is 4.99 Å². The molecule has 0 atom stereocenters. The highest BCUT2D eigenvalue weighted by molar-refractivity contribution is 9.10. The van der Waals surface area contributed by atoms with Gasteiger partial charge in [0.1, 0.15) is 10.1 Å². The maximum absolute atomic E-state index is 12.3. The van der Waals surface area contributed by atoms with Gasteiger partial charge in [-0.05, 0) is 41.1 Å². The molecule has 2 aromatic carbocycles. The minimum atomic E-state index is -0.441. The van der Waals surface area contributed by atoms with Crippen molar-refractivity contribution in [3.63, 3.8) is 0 Å². The number of esters is 1. The third-order valence-electron chi connectivity index (χ3n) is 3.63. The molecule has 0 aromatic heterocycles. The highest BCUT2D eigenvalue weighted by atomic mass is 79.9. The summed E-state index contributed by atoms with van der Waals surface area (Å²) in [6, 6.07) is 13.4. The molecule has 0 saturated heterocycles. The van der Waals surface area contributed by atoms with Crippen LogP contribution >= 0.6 is 39.5 Å². The van der Waals surface area contributed by atoms with E-state index in [0.717, 1.165) is 21.9 Å². The number of carbonyl (C=O) groups is 2. The fraction of sp³-hybridized carbons (Fsp3) is 0.150.